The van der Waals surface area contributed by atoms with E-state index in [-0.39, 0.29) is 10.8 Å². The van der Waals surface area contributed by atoms with Crippen molar-refractivity contribution in [2.45, 2.75) is 16.7 Å². The summed E-state index contributed by atoms with van der Waals surface area (Å²) < 4.78 is 63.6. The van der Waals surface area contributed by atoms with Crippen LogP contribution in [0.3, 0.4) is 0 Å². The van der Waals surface area contributed by atoms with Crippen LogP contribution < -0.4 is 5.32 Å². The standard InChI is InChI=1S/C12H11NO8S2/c1-6(14)13-12-9-4-7(22(16,17)18)5-10(15)8(9)2-3-11(12)23(19,20)21/h2-5,15H,1H3,(H,13,14)(H,16,17,18)(H,19,20,21). The highest BCUT2D eigenvalue weighted by atomic mass is 32.2. The summed E-state index contributed by atoms with van der Waals surface area (Å²) >= 11 is 0. The molecule has 0 saturated heterocycles. The molecule has 0 saturated carbocycles. The van der Waals surface area contributed by atoms with Gasteiger partial charge in [-0.05, 0) is 18.2 Å². The highest BCUT2D eigenvalue weighted by Gasteiger charge is 2.22. The van der Waals surface area contributed by atoms with Gasteiger partial charge in [0.25, 0.3) is 20.2 Å². The van der Waals surface area contributed by atoms with Crippen molar-refractivity contribution >= 4 is 42.6 Å². The van der Waals surface area contributed by atoms with Gasteiger partial charge in [0.05, 0.1) is 10.6 Å². The summed E-state index contributed by atoms with van der Waals surface area (Å²) in [5.74, 6) is -1.26. The minimum Gasteiger partial charge on any atom is -0.507 e. The molecule has 0 aliphatic heterocycles. The summed E-state index contributed by atoms with van der Waals surface area (Å²) in [6.07, 6.45) is 0. The van der Waals surface area contributed by atoms with Crippen LogP contribution in [-0.2, 0) is 25.0 Å². The number of rotatable bonds is 3. The zero-order chi connectivity index (χ0) is 17.6. The summed E-state index contributed by atoms with van der Waals surface area (Å²) in [6, 6.07) is 3.69. The molecule has 0 bridgehead atoms. The van der Waals surface area contributed by atoms with Crippen LogP contribution in [0.25, 0.3) is 10.8 Å². The molecule has 23 heavy (non-hydrogen) atoms. The maximum Gasteiger partial charge on any atom is 0.296 e. The average Bonchev–Trinajstić information content (AvgIpc) is 2.36. The molecule has 9 nitrogen and oxygen atoms in total. The first kappa shape index (κ1) is 17.1. The largest absolute Gasteiger partial charge is 0.507 e. The lowest BCUT2D eigenvalue weighted by molar-refractivity contribution is -0.114. The minimum atomic E-state index is -4.74. The summed E-state index contributed by atoms with van der Waals surface area (Å²) in [7, 11) is -9.44. The number of carbonyl (C=O) groups is 1. The maximum absolute atomic E-state index is 11.4. The van der Waals surface area contributed by atoms with Gasteiger partial charge >= 0.3 is 0 Å². The van der Waals surface area contributed by atoms with E-state index in [0.717, 1.165) is 31.2 Å². The molecule has 0 heterocycles. The van der Waals surface area contributed by atoms with Crippen molar-refractivity contribution in [3.05, 3.63) is 24.3 Å². The van der Waals surface area contributed by atoms with Gasteiger partial charge in [0.15, 0.2) is 0 Å². The van der Waals surface area contributed by atoms with Crippen LogP contribution >= 0.6 is 0 Å². The van der Waals surface area contributed by atoms with Gasteiger partial charge < -0.3 is 10.4 Å². The van der Waals surface area contributed by atoms with Gasteiger partial charge in [0, 0.05) is 23.8 Å². The van der Waals surface area contributed by atoms with Crippen molar-refractivity contribution in [3.8, 4) is 5.75 Å². The molecule has 0 spiro atoms. The van der Waals surface area contributed by atoms with Gasteiger partial charge in [0.1, 0.15) is 10.6 Å². The number of phenols is 1. The highest BCUT2D eigenvalue weighted by molar-refractivity contribution is 7.86. The molecule has 2 aromatic rings. The lowest BCUT2D eigenvalue weighted by atomic mass is 10.1. The molecular weight excluding hydrogens is 350 g/mol. The summed E-state index contributed by atoms with van der Waals surface area (Å²) in [6.45, 7) is 1.07. The van der Waals surface area contributed by atoms with E-state index in [0.29, 0.717) is 0 Å². The second-order valence-corrected chi connectivity index (χ2v) is 7.42. The Balaban J connectivity index is 3.02. The van der Waals surface area contributed by atoms with Gasteiger partial charge in [-0.15, -0.1) is 0 Å². The Bertz CT molecular complexity index is 1020. The number of hydrogen-bond acceptors (Lipinski definition) is 6. The van der Waals surface area contributed by atoms with E-state index in [1.165, 1.54) is 0 Å². The van der Waals surface area contributed by atoms with E-state index in [9.17, 15) is 31.3 Å². The molecule has 0 aromatic heterocycles. The number of amides is 1. The molecule has 2 aromatic carbocycles. The number of fused-ring (bicyclic) bond motifs is 1. The van der Waals surface area contributed by atoms with E-state index in [2.05, 4.69) is 5.32 Å². The molecule has 1 amide bonds. The van der Waals surface area contributed by atoms with Crippen LogP contribution in [0.2, 0.25) is 0 Å². The molecular formula is C12H11NO8S2. The summed E-state index contributed by atoms with van der Waals surface area (Å²) in [4.78, 5) is 9.89. The normalized spacial score (nSPS) is 12.3. The summed E-state index contributed by atoms with van der Waals surface area (Å²) in [5.41, 5.74) is -0.418. The van der Waals surface area contributed by atoms with Crippen LogP contribution in [0.5, 0.6) is 5.75 Å². The first-order valence-corrected chi connectivity index (χ1v) is 8.81. The van der Waals surface area contributed by atoms with Crippen molar-refractivity contribution in [1.82, 2.24) is 0 Å². The van der Waals surface area contributed by atoms with Crippen molar-refractivity contribution in [2.75, 3.05) is 5.32 Å². The molecule has 2 rings (SSSR count). The molecule has 0 aliphatic carbocycles. The maximum atomic E-state index is 11.4. The Kier molecular flexibility index (Phi) is 4.07. The van der Waals surface area contributed by atoms with E-state index < -0.39 is 47.4 Å². The van der Waals surface area contributed by atoms with Gasteiger partial charge in [-0.1, -0.05) is 0 Å². The lowest BCUT2D eigenvalue weighted by Crippen LogP contribution is -2.11. The van der Waals surface area contributed by atoms with Crippen LogP contribution in [0.1, 0.15) is 6.92 Å². The fraction of sp³-hybridized carbons (Fsp3) is 0.0833. The number of hydrogen-bond donors (Lipinski definition) is 4. The van der Waals surface area contributed by atoms with E-state index in [1.807, 2.05) is 0 Å². The SMILES string of the molecule is CC(=O)Nc1c(S(=O)(=O)O)ccc2c(O)cc(S(=O)(=O)O)cc12. The Hall–Kier alpha value is -2.21. The molecule has 0 atom stereocenters. The number of carbonyl (C=O) groups excluding carboxylic acids is 1. The van der Waals surface area contributed by atoms with E-state index >= 15 is 0 Å². The molecule has 124 valence electrons. The second kappa shape index (κ2) is 5.45. The smallest absolute Gasteiger partial charge is 0.296 e. The first-order chi connectivity index (χ1) is 10.4. The zero-order valence-corrected chi connectivity index (χ0v) is 13.1. The Labute approximate surface area is 131 Å². The Morgan fingerprint density at radius 3 is 2.09 bits per heavy atom. The highest BCUT2D eigenvalue weighted by Crippen LogP contribution is 2.37. The van der Waals surface area contributed by atoms with Crippen LogP contribution in [-0.4, -0.2) is 37.0 Å². The molecule has 0 fully saturated rings. The number of anilines is 1. The Morgan fingerprint density at radius 1 is 1.00 bits per heavy atom. The van der Waals surface area contributed by atoms with Crippen molar-refractivity contribution in [2.24, 2.45) is 0 Å². The third kappa shape index (κ3) is 3.42. The first-order valence-electron chi connectivity index (χ1n) is 5.93. The van der Waals surface area contributed by atoms with E-state index in [4.69, 9.17) is 4.55 Å². The number of nitrogens with one attached hydrogen (secondary N) is 1. The second-order valence-electron chi connectivity index (χ2n) is 4.61. The predicted octanol–water partition coefficient (Wildman–Crippen LogP) is 0.997. The van der Waals surface area contributed by atoms with Crippen LogP contribution in [0.15, 0.2) is 34.1 Å². The van der Waals surface area contributed by atoms with Gasteiger partial charge in [-0.2, -0.15) is 16.8 Å². The predicted molar refractivity (Wildman–Crippen MR) is 79.5 cm³/mol. The number of aromatic hydroxyl groups is 1. The quantitative estimate of drug-likeness (QED) is 0.589. The third-order valence-electron chi connectivity index (χ3n) is 2.93. The van der Waals surface area contributed by atoms with Gasteiger partial charge in [0.2, 0.25) is 5.91 Å². The van der Waals surface area contributed by atoms with Gasteiger partial charge in [-0.3, -0.25) is 13.9 Å². The van der Waals surface area contributed by atoms with Crippen molar-refractivity contribution < 1.29 is 35.8 Å². The Morgan fingerprint density at radius 2 is 1.61 bits per heavy atom. The van der Waals surface area contributed by atoms with E-state index in [1.54, 1.807) is 0 Å². The average molecular weight is 361 g/mol. The molecule has 11 heteroatoms. The molecule has 4 N–H and O–H groups in total. The van der Waals surface area contributed by atoms with Crippen molar-refractivity contribution in [3.63, 3.8) is 0 Å². The van der Waals surface area contributed by atoms with Crippen molar-refractivity contribution in [1.29, 1.82) is 0 Å². The minimum absolute atomic E-state index is 0.00792. The molecule has 0 aliphatic rings. The molecule has 0 unspecified atom stereocenters. The van der Waals surface area contributed by atoms with Gasteiger partial charge in [-0.25, -0.2) is 0 Å². The zero-order valence-electron chi connectivity index (χ0n) is 11.5. The fourth-order valence-electron chi connectivity index (χ4n) is 2.04. The lowest BCUT2D eigenvalue weighted by Gasteiger charge is -2.13. The monoisotopic (exact) mass is 361 g/mol. The number of benzene rings is 2. The topological polar surface area (TPSA) is 158 Å². The number of phenolic OH excluding ortho intramolecular Hbond substituents is 1. The molecule has 0 radical (unpaired) electrons. The summed E-state index contributed by atoms with van der Waals surface area (Å²) in [5, 5.41) is 11.8. The fourth-order valence-corrected chi connectivity index (χ4v) is 3.22. The third-order valence-corrected chi connectivity index (χ3v) is 4.65. The van der Waals surface area contributed by atoms with Crippen LogP contribution in [0, 0.1) is 0 Å². The van der Waals surface area contributed by atoms with Crippen LogP contribution in [0.4, 0.5) is 5.69 Å².